The molecule has 0 bridgehead atoms. The van der Waals surface area contributed by atoms with E-state index in [1.165, 1.54) is 18.2 Å². The van der Waals surface area contributed by atoms with Crippen LogP contribution in [0.2, 0.25) is 0 Å². The number of likely N-dealkylation sites (tertiary alicyclic amines) is 1. The van der Waals surface area contributed by atoms with Crippen LogP contribution in [-0.2, 0) is 16.1 Å². The van der Waals surface area contributed by atoms with Crippen molar-refractivity contribution < 1.29 is 14.6 Å². The summed E-state index contributed by atoms with van der Waals surface area (Å²) in [5.41, 5.74) is 0.884. The Kier molecular flexibility index (Phi) is 6.63. The number of ether oxygens (including phenoxy) is 1. The number of aromatic nitrogens is 3. The number of aromatic hydroxyl groups is 1. The molecule has 8 heteroatoms. The standard InChI is InChI=1S/C22H30N4O3S/c1-15-5-3-6-16(2)26(15)20(28)14-30-22-24-23-21(17-8-10-18(27)11-9-17)25(22)13-19-7-4-12-29-19/h8-11,15-16,19,27H,3-7,12-14H2,1-2H3. The number of thioether (sulfide) groups is 1. The predicted molar refractivity (Wildman–Crippen MR) is 116 cm³/mol. The van der Waals surface area contributed by atoms with Crippen LogP contribution >= 0.6 is 11.8 Å². The maximum atomic E-state index is 13.0. The van der Waals surface area contributed by atoms with E-state index in [0.29, 0.717) is 24.4 Å². The Bertz CT molecular complexity index is 854. The molecular formula is C22H30N4O3S. The molecular weight excluding hydrogens is 400 g/mol. The topological polar surface area (TPSA) is 80.5 Å². The molecule has 30 heavy (non-hydrogen) atoms. The summed E-state index contributed by atoms with van der Waals surface area (Å²) in [6.07, 6.45) is 5.54. The van der Waals surface area contributed by atoms with Crippen LogP contribution in [0.15, 0.2) is 29.4 Å². The monoisotopic (exact) mass is 430 g/mol. The minimum atomic E-state index is 0.133. The number of benzene rings is 1. The van der Waals surface area contributed by atoms with Crippen molar-refractivity contribution in [1.82, 2.24) is 19.7 Å². The van der Waals surface area contributed by atoms with Crippen molar-refractivity contribution in [3.05, 3.63) is 24.3 Å². The summed E-state index contributed by atoms with van der Waals surface area (Å²) < 4.78 is 7.90. The van der Waals surface area contributed by atoms with Crippen molar-refractivity contribution in [2.75, 3.05) is 12.4 Å². The molecule has 2 fully saturated rings. The fourth-order valence-electron chi connectivity index (χ4n) is 4.49. The first-order chi connectivity index (χ1) is 14.5. The smallest absolute Gasteiger partial charge is 0.233 e. The zero-order valence-corrected chi connectivity index (χ0v) is 18.5. The number of carbonyl (C=O) groups excluding carboxylic acids is 1. The quantitative estimate of drug-likeness (QED) is 0.704. The maximum Gasteiger partial charge on any atom is 0.233 e. The average Bonchev–Trinajstić information content (AvgIpc) is 3.37. The number of hydrogen-bond donors (Lipinski definition) is 1. The van der Waals surface area contributed by atoms with Crippen LogP contribution in [0.25, 0.3) is 11.4 Å². The third-order valence-corrected chi connectivity index (χ3v) is 7.01. The van der Waals surface area contributed by atoms with E-state index in [1.807, 2.05) is 17.0 Å². The number of phenols is 1. The van der Waals surface area contributed by atoms with Crippen molar-refractivity contribution in [2.45, 2.75) is 75.8 Å². The van der Waals surface area contributed by atoms with Crippen LogP contribution in [0.3, 0.4) is 0 Å². The number of hydrogen-bond acceptors (Lipinski definition) is 6. The predicted octanol–water partition coefficient (Wildman–Crippen LogP) is 3.71. The van der Waals surface area contributed by atoms with Crippen LogP contribution in [0, 0.1) is 0 Å². The zero-order valence-electron chi connectivity index (χ0n) is 17.7. The van der Waals surface area contributed by atoms with Crippen molar-refractivity contribution in [1.29, 1.82) is 0 Å². The van der Waals surface area contributed by atoms with Crippen molar-refractivity contribution in [2.24, 2.45) is 0 Å². The van der Waals surface area contributed by atoms with E-state index in [1.54, 1.807) is 12.1 Å². The summed E-state index contributed by atoms with van der Waals surface area (Å²) in [4.78, 5) is 15.0. The summed E-state index contributed by atoms with van der Waals surface area (Å²) in [6, 6.07) is 7.55. The lowest BCUT2D eigenvalue weighted by atomic mass is 9.98. The minimum absolute atomic E-state index is 0.133. The zero-order chi connectivity index (χ0) is 21.1. The van der Waals surface area contributed by atoms with Gasteiger partial charge in [-0.2, -0.15) is 0 Å². The largest absolute Gasteiger partial charge is 0.508 e. The third-order valence-electron chi connectivity index (χ3n) is 6.06. The Morgan fingerprint density at radius 3 is 2.53 bits per heavy atom. The second kappa shape index (κ2) is 9.39. The lowest BCUT2D eigenvalue weighted by Gasteiger charge is -2.39. The molecule has 1 amide bonds. The number of amides is 1. The fourth-order valence-corrected chi connectivity index (χ4v) is 5.31. The molecule has 0 saturated carbocycles. The van der Waals surface area contributed by atoms with Crippen molar-refractivity contribution in [3.8, 4) is 17.1 Å². The van der Waals surface area contributed by atoms with E-state index in [-0.39, 0.29) is 17.8 Å². The molecule has 2 aliphatic rings. The van der Waals surface area contributed by atoms with E-state index in [9.17, 15) is 9.90 Å². The second-order valence-corrected chi connectivity index (χ2v) is 9.26. The van der Waals surface area contributed by atoms with Gasteiger partial charge in [0, 0.05) is 24.3 Å². The molecule has 3 atom stereocenters. The van der Waals surface area contributed by atoms with Crippen LogP contribution in [0.1, 0.15) is 46.0 Å². The second-order valence-electron chi connectivity index (χ2n) is 8.32. The highest BCUT2D eigenvalue weighted by Crippen LogP contribution is 2.29. The lowest BCUT2D eigenvalue weighted by molar-refractivity contribution is -0.134. The first-order valence-corrected chi connectivity index (χ1v) is 11.8. The summed E-state index contributed by atoms with van der Waals surface area (Å²) in [5.74, 6) is 1.47. The average molecular weight is 431 g/mol. The summed E-state index contributed by atoms with van der Waals surface area (Å²) >= 11 is 1.45. The van der Waals surface area contributed by atoms with Gasteiger partial charge in [-0.3, -0.25) is 9.36 Å². The molecule has 0 aliphatic carbocycles. The van der Waals surface area contributed by atoms with Crippen molar-refractivity contribution in [3.63, 3.8) is 0 Å². The Balaban J connectivity index is 1.53. The van der Waals surface area contributed by atoms with Gasteiger partial charge in [-0.25, -0.2) is 0 Å². The summed E-state index contributed by atoms with van der Waals surface area (Å²) in [6.45, 7) is 5.73. The van der Waals surface area contributed by atoms with Crippen LogP contribution in [0.4, 0.5) is 0 Å². The first-order valence-electron chi connectivity index (χ1n) is 10.8. The van der Waals surface area contributed by atoms with Crippen LogP contribution in [0.5, 0.6) is 5.75 Å². The number of rotatable bonds is 6. The molecule has 0 spiro atoms. The molecule has 1 N–H and O–H groups in total. The number of carbonyl (C=O) groups is 1. The van der Waals surface area contributed by atoms with Crippen LogP contribution in [-0.4, -0.2) is 61.2 Å². The van der Waals surface area contributed by atoms with E-state index >= 15 is 0 Å². The molecule has 4 rings (SSSR count). The van der Waals surface area contributed by atoms with Gasteiger partial charge in [0.15, 0.2) is 11.0 Å². The lowest BCUT2D eigenvalue weighted by Crippen LogP contribution is -2.48. The molecule has 3 unspecified atom stereocenters. The molecule has 162 valence electrons. The molecule has 1 aromatic carbocycles. The Labute approximate surface area is 181 Å². The molecule has 3 heterocycles. The molecule has 2 aromatic rings. The molecule has 2 saturated heterocycles. The highest BCUT2D eigenvalue weighted by atomic mass is 32.2. The normalized spacial score (nSPS) is 24.3. The molecule has 7 nitrogen and oxygen atoms in total. The van der Waals surface area contributed by atoms with Gasteiger partial charge in [0.1, 0.15) is 5.75 Å². The highest BCUT2D eigenvalue weighted by molar-refractivity contribution is 7.99. The Hall–Kier alpha value is -2.06. The van der Waals surface area contributed by atoms with Gasteiger partial charge in [-0.05, 0) is 70.2 Å². The van der Waals surface area contributed by atoms with Gasteiger partial charge in [-0.1, -0.05) is 11.8 Å². The van der Waals surface area contributed by atoms with Gasteiger partial charge >= 0.3 is 0 Å². The van der Waals surface area contributed by atoms with Gasteiger partial charge in [0.2, 0.25) is 5.91 Å². The van der Waals surface area contributed by atoms with Crippen LogP contribution < -0.4 is 0 Å². The third kappa shape index (κ3) is 4.64. The summed E-state index contributed by atoms with van der Waals surface area (Å²) in [7, 11) is 0. The minimum Gasteiger partial charge on any atom is -0.508 e. The fraction of sp³-hybridized carbons (Fsp3) is 0.591. The number of piperidine rings is 1. The van der Waals surface area contributed by atoms with Crippen molar-refractivity contribution >= 4 is 17.7 Å². The molecule has 1 aromatic heterocycles. The van der Waals surface area contributed by atoms with E-state index < -0.39 is 0 Å². The number of phenolic OH excluding ortho intramolecular Hbond substituents is 1. The van der Waals surface area contributed by atoms with Gasteiger partial charge in [0.25, 0.3) is 0 Å². The number of nitrogens with zero attached hydrogens (tertiary/aromatic N) is 4. The maximum absolute atomic E-state index is 13.0. The molecule has 0 radical (unpaired) electrons. The molecule has 2 aliphatic heterocycles. The SMILES string of the molecule is CC1CCCC(C)N1C(=O)CSc1nnc(-c2ccc(O)cc2)n1CC1CCCO1. The van der Waals surface area contributed by atoms with E-state index in [2.05, 4.69) is 28.6 Å². The van der Waals surface area contributed by atoms with E-state index in [4.69, 9.17) is 4.74 Å². The van der Waals surface area contributed by atoms with Gasteiger partial charge in [0.05, 0.1) is 18.4 Å². The highest BCUT2D eigenvalue weighted by Gasteiger charge is 2.29. The van der Waals surface area contributed by atoms with Gasteiger partial charge in [-0.15, -0.1) is 10.2 Å². The van der Waals surface area contributed by atoms with E-state index in [0.717, 1.165) is 48.8 Å². The first kappa shape index (κ1) is 21.2. The Morgan fingerprint density at radius 1 is 1.13 bits per heavy atom. The van der Waals surface area contributed by atoms with Gasteiger partial charge < -0.3 is 14.7 Å². The summed E-state index contributed by atoms with van der Waals surface area (Å²) in [5, 5.41) is 19.2. The Morgan fingerprint density at radius 2 is 1.87 bits per heavy atom.